The Hall–Kier alpha value is -4.52. The summed E-state index contributed by atoms with van der Waals surface area (Å²) >= 11 is 4.82. The van der Waals surface area contributed by atoms with Crippen molar-refractivity contribution in [2.75, 3.05) is 0 Å². The van der Waals surface area contributed by atoms with Crippen LogP contribution in [0.1, 0.15) is 61.3 Å². The van der Waals surface area contributed by atoms with Crippen LogP contribution in [0.2, 0.25) is 0 Å². The van der Waals surface area contributed by atoms with Gasteiger partial charge in [0, 0.05) is 0 Å². The molecule has 0 unspecified atom stereocenters. The van der Waals surface area contributed by atoms with E-state index in [4.69, 9.17) is 0 Å². The molecule has 2 aromatic carbocycles. The van der Waals surface area contributed by atoms with E-state index in [9.17, 15) is 0 Å². The molecule has 0 amide bonds. The number of pyridine rings is 2. The summed E-state index contributed by atoms with van der Waals surface area (Å²) in [5, 5.41) is 16.5. The van der Waals surface area contributed by atoms with E-state index < -0.39 is 0 Å². The van der Waals surface area contributed by atoms with E-state index in [0.717, 1.165) is 96.8 Å². The van der Waals surface area contributed by atoms with Gasteiger partial charge >= 0.3 is 339 Å². The molecule has 8 aromatic rings. The zero-order chi connectivity index (χ0) is 37.3. The molecule has 0 aliphatic rings. The molecule has 0 N–H and O–H groups in total. The molecule has 0 saturated heterocycles. The fraction of sp³-hybridized carbons (Fsp3) is 0.286. The van der Waals surface area contributed by atoms with Crippen LogP contribution in [0, 0.1) is 33.6 Å². The number of aryl methyl sites for hydroxylation is 6. The summed E-state index contributed by atoms with van der Waals surface area (Å²) in [5.41, 5.74) is 11.0. The molecule has 8 rings (SSSR count). The van der Waals surface area contributed by atoms with Crippen LogP contribution in [-0.2, 0) is 64.6 Å². The molecule has 0 fully saturated rings. The van der Waals surface area contributed by atoms with E-state index in [1.807, 2.05) is 75.0 Å². The zero-order valence-electron chi connectivity index (χ0n) is 30.4. The van der Waals surface area contributed by atoms with Crippen LogP contribution in [0.4, 0.5) is 0 Å². The fourth-order valence-corrected chi connectivity index (χ4v) is 8.85. The molecule has 0 atom stereocenters. The summed E-state index contributed by atoms with van der Waals surface area (Å²) in [5.74, 6) is 0. The Kier molecular flexibility index (Phi) is 12.7. The number of nitrogens with zero attached hydrogens (tertiary/aromatic N) is 10. The number of hydrogen-bond donors (Lipinski definition) is 0. The molecule has 0 aliphatic carbocycles. The van der Waals surface area contributed by atoms with Crippen molar-refractivity contribution in [3.8, 4) is 11.4 Å². The topological polar surface area (TPSA) is 99.5 Å². The summed E-state index contributed by atoms with van der Waals surface area (Å²) in [7, 11) is 0. The second-order valence-electron chi connectivity index (χ2n) is 13.3. The summed E-state index contributed by atoms with van der Waals surface area (Å²) < 4.78 is 11.6. The molecule has 0 aliphatic heterocycles. The first-order valence-corrected chi connectivity index (χ1v) is 20.6. The summed E-state index contributed by atoms with van der Waals surface area (Å²) in [4.78, 5) is 8.67. The van der Waals surface area contributed by atoms with Crippen molar-refractivity contribution in [1.82, 2.24) is 48.6 Å². The number of unbranched alkanes of at least 4 members (excludes halogenated alkanes) is 4. The van der Waals surface area contributed by atoms with Crippen molar-refractivity contribution in [1.29, 1.82) is 0 Å². The van der Waals surface area contributed by atoms with Crippen molar-refractivity contribution < 1.29 is 38.7 Å². The number of aromatic nitrogens is 10. The second kappa shape index (κ2) is 18.2. The van der Waals surface area contributed by atoms with E-state index in [-0.39, 0.29) is 0 Å². The quantitative estimate of drug-likeness (QED) is 0.0825. The summed E-state index contributed by atoms with van der Waals surface area (Å²) in [6.07, 6.45) is 16.5. The third-order valence-electron chi connectivity index (χ3n) is 9.29. The molecule has 0 saturated carbocycles. The van der Waals surface area contributed by atoms with Gasteiger partial charge in [-0.2, -0.15) is 0 Å². The molecule has 12 heteroatoms. The average Bonchev–Trinajstić information content (AvgIpc) is 3.95. The van der Waals surface area contributed by atoms with Crippen LogP contribution >= 0.6 is 0 Å². The van der Waals surface area contributed by atoms with Gasteiger partial charge in [0.25, 0.3) is 0 Å². The number of benzene rings is 2. The maximum atomic E-state index is 4.33. The van der Waals surface area contributed by atoms with Gasteiger partial charge in [-0.15, -0.1) is 0 Å². The SMILES string of the molecule is Cc1cc(CCCCCn2[c](=[Pt])n(-c3[c-]cccc3)c3cnccc32)n[n-]1.Cc1cc(CCCCCn2[c](=[Pt])n(-c3[c-]cccc3)c3cnccc32)n[n-]1. The van der Waals surface area contributed by atoms with Crippen LogP contribution in [-0.4, -0.2) is 38.4 Å². The number of rotatable bonds is 14. The number of fused-ring (bicyclic) bond motifs is 2. The third-order valence-corrected chi connectivity index (χ3v) is 11.5. The first-order chi connectivity index (χ1) is 26.5. The van der Waals surface area contributed by atoms with Gasteiger partial charge in [-0.25, -0.2) is 0 Å². The van der Waals surface area contributed by atoms with Crippen molar-refractivity contribution in [2.24, 2.45) is 0 Å². The Morgan fingerprint density at radius 2 is 1.04 bits per heavy atom. The number of hydrogen-bond acceptors (Lipinski definition) is 4. The third kappa shape index (κ3) is 8.88. The normalized spacial score (nSPS) is 11.4. The van der Waals surface area contributed by atoms with Gasteiger partial charge in [0.15, 0.2) is 0 Å². The number of para-hydroxylation sites is 2. The van der Waals surface area contributed by atoms with E-state index in [2.05, 4.69) is 136 Å². The van der Waals surface area contributed by atoms with E-state index in [1.54, 1.807) is 0 Å². The molecule has 6 heterocycles. The zero-order valence-corrected chi connectivity index (χ0v) is 35.0. The van der Waals surface area contributed by atoms with Crippen molar-refractivity contribution in [3.05, 3.63) is 140 Å². The molecule has 6 aromatic heterocycles. The van der Waals surface area contributed by atoms with Crippen LogP contribution in [0.5, 0.6) is 0 Å². The molecular formula is C42H42N10Pt2-4. The minimum absolute atomic E-state index is 0.991. The van der Waals surface area contributed by atoms with Crippen LogP contribution in [0.3, 0.4) is 0 Å². The maximum absolute atomic E-state index is 4.33. The second-order valence-corrected chi connectivity index (χ2v) is 15.3. The van der Waals surface area contributed by atoms with E-state index >= 15 is 0 Å². The molecule has 0 bridgehead atoms. The number of imidazole rings is 2. The Morgan fingerprint density at radius 1 is 0.574 bits per heavy atom. The van der Waals surface area contributed by atoms with E-state index in [0.29, 0.717) is 0 Å². The first kappa shape index (κ1) is 37.8. The monoisotopic (exact) mass is 1080 g/mol. The van der Waals surface area contributed by atoms with Crippen molar-refractivity contribution in [2.45, 2.75) is 78.3 Å². The predicted molar refractivity (Wildman–Crippen MR) is 202 cm³/mol. The van der Waals surface area contributed by atoms with Crippen LogP contribution in [0.15, 0.2) is 97.6 Å². The Balaban J connectivity index is 0.000000167. The average molecular weight is 1080 g/mol. The van der Waals surface area contributed by atoms with Crippen molar-refractivity contribution >= 4 is 22.1 Å². The summed E-state index contributed by atoms with van der Waals surface area (Å²) in [6, 6.07) is 31.2. The van der Waals surface area contributed by atoms with Gasteiger partial charge in [0.1, 0.15) is 0 Å². The van der Waals surface area contributed by atoms with Gasteiger partial charge in [-0.1, -0.05) is 0 Å². The van der Waals surface area contributed by atoms with Crippen LogP contribution in [0.25, 0.3) is 33.4 Å². The van der Waals surface area contributed by atoms with Crippen LogP contribution < -0.4 is 10.2 Å². The fourth-order valence-electron chi connectivity index (χ4n) is 6.70. The Bertz CT molecular complexity index is 2360. The van der Waals surface area contributed by atoms with Crippen molar-refractivity contribution in [3.63, 3.8) is 0 Å². The standard InChI is InChI=1S/2C21H21N5.2Pt/c2*1-17-14-18(24-23-17)8-4-3-7-13-25-16-26(19-9-5-2-6-10-19)21-15-22-12-11-20(21)25;;/h2*2,5-6,9,11-12,14-15H,3-4,7-8,13H2,1H3;;/q2*-2;;. The van der Waals surface area contributed by atoms with E-state index in [1.165, 1.54) is 31.5 Å². The van der Waals surface area contributed by atoms with Gasteiger partial charge in [0.2, 0.25) is 0 Å². The molecule has 0 radical (unpaired) electrons. The molecule has 10 nitrogen and oxygen atoms in total. The van der Waals surface area contributed by atoms with Gasteiger partial charge < -0.3 is 0 Å². The Labute approximate surface area is 337 Å². The van der Waals surface area contributed by atoms with Gasteiger partial charge in [-0.05, 0) is 0 Å². The molecule has 54 heavy (non-hydrogen) atoms. The molecule has 0 spiro atoms. The summed E-state index contributed by atoms with van der Waals surface area (Å²) in [6.45, 7) is 5.96. The minimum atomic E-state index is 0.991. The van der Waals surface area contributed by atoms with Gasteiger partial charge in [0.05, 0.1) is 0 Å². The predicted octanol–water partition coefficient (Wildman–Crippen LogP) is 7.56. The first-order valence-electron chi connectivity index (χ1n) is 18.3. The molecule has 284 valence electrons. The molecular weight excluding hydrogens is 1030 g/mol. The Morgan fingerprint density at radius 3 is 1.43 bits per heavy atom. The van der Waals surface area contributed by atoms with Gasteiger partial charge in [-0.3, -0.25) is 0 Å².